The number of hydrogen-bond donors (Lipinski definition) is 4. The maximum absolute atomic E-state index is 3.66. The lowest BCUT2D eigenvalue weighted by molar-refractivity contribution is 0.433. The topological polar surface area (TPSA) is 48.1 Å². The van der Waals surface area contributed by atoms with Crippen molar-refractivity contribution in [2.24, 2.45) is 0 Å². The average Bonchev–Trinajstić information content (AvgIpc) is 2.48. The predicted molar refractivity (Wildman–Crippen MR) is 85.2 cm³/mol. The number of rotatable bonds is 3. The van der Waals surface area contributed by atoms with Gasteiger partial charge in [-0.2, -0.15) is 0 Å². The fraction of sp³-hybridized carbons (Fsp3) is 0.625. The minimum Gasteiger partial charge on any atom is -0.314 e. The van der Waals surface area contributed by atoms with Gasteiger partial charge in [0.2, 0.25) is 0 Å². The van der Waals surface area contributed by atoms with E-state index in [-0.39, 0.29) is 0 Å². The van der Waals surface area contributed by atoms with E-state index >= 15 is 0 Å². The fourth-order valence-electron chi connectivity index (χ4n) is 2.51. The third kappa shape index (κ3) is 6.48. The van der Waals surface area contributed by atoms with Gasteiger partial charge in [0.15, 0.2) is 0 Å². The molecule has 0 radical (unpaired) electrons. The predicted octanol–water partition coefficient (Wildman–Crippen LogP) is 0.360. The monoisotopic (exact) mass is 276 g/mol. The molecule has 4 heteroatoms. The van der Waals surface area contributed by atoms with Crippen LogP contribution in [0.5, 0.6) is 0 Å². The van der Waals surface area contributed by atoms with E-state index in [9.17, 15) is 0 Å². The van der Waals surface area contributed by atoms with Gasteiger partial charge in [-0.05, 0) is 18.4 Å². The second-order valence-corrected chi connectivity index (χ2v) is 5.38. The van der Waals surface area contributed by atoms with Crippen molar-refractivity contribution in [1.82, 2.24) is 21.3 Å². The Kier molecular flexibility index (Phi) is 7.64. The molecule has 0 spiro atoms. The van der Waals surface area contributed by atoms with E-state index in [0.717, 1.165) is 52.2 Å². The molecular weight excluding hydrogens is 248 g/mol. The first kappa shape index (κ1) is 15.4. The van der Waals surface area contributed by atoms with E-state index in [1.54, 1.807) is 0 Å². The molecule has 1 aliphatic rings. The van der Waals surface area contributed by atoms with Gasteiger partial charge >= 0.3 is 0 Å². The van der Waals surface area contributed by atoms with Gasteiger partial charge in [0, 0.05) is 51.9 Å². The molecule has 0 bridgehead atoms. The summed E-state index contributed by atoms with van der Waals surface area (Å²) in [6.07, 6.45) is 2.33. The number of aryl methyl sites for hydroxylation is 1. The number of benzene rings is 1. The first-order valence-corrected chi connectivity index (χ1v) is 7.84. The van der Waals surface area contributed by atoms with Gasteiger partial charge in [0.1, 0.15) is 0 Å². The molecule has 20 heavy (non-hydrogen) atoms. The Labute approximate surface area is 122 Å². The third-order valence-electron chi connectivity index (χ3n) is 3.71. The largest absolute Gasteiger partial charge is 0.314 e. The summed E-state index contributed by atoms with van der Waals surface area (Å²) in [6, 6.07) is 11.3. The molecule has 0 saturated carbocycles. The quantitative estimate of drug-likeness (QED) is 0.644. The molecule has 1 saturated heterocycles. The van der Waals surface area contributed by atoms with Crippen LogP contribution in [-0.4, -0.2) is 51.9 Å². The van der Waals surface area contributed by atoms with Crippen molar-refractivity contribution >= 4 is 0 Å². The lowest BCUT2D eigenvalue weighted by Crippen LogP contribution is -2.45. The highest BCUT2D eigenvalue weighted by Crippen LogP contribution is 2.04. The maximum atomic E-state index is 3.66. The molecule has 1 aromatic carbocycles. The van der Waals surface area contributed by atoms with Gasteiger partial charge in [-0.15, -0.1) is 0 Å². The van der Waals surface area contributed by atoms with Crippen LogP contribution in [0.2, 0.25) is 0 Å². The Morgan fingerprint density at radius 2 is 1.45 bits per heavy atom. The van der Waals surface area contributed by atoms with Gasteiger partial charge in [-0.25, -0.2) is 0 Å². The van der Waals surface area contributed by atoms with Gasteiger partial charge in [0.25, 0.3) is 0 Å². The Morgan fingerprint density at radius 3 is 2.20 bits per heavy atom. The molecule has 1 fully saturated rings. The molecule has 0 amide bonds. The highest BCUT2D eigenvalue weighted by molar-refractivity contribution is 5.14. The van der Waals surface area contributed by atoms with E-state index in [4.69, 9.17) is 0 Å². The number of nitrogens with one attached hydrogen (secondary N) is 4. The molecular formula is C16H28N4. The molecule has 4 nitrogen and oxygen atoms in total. The molecule has 1 aromatic rings. The minimum absolute atomic E-state index is 0.552. The summed E-state index contributed by atoms with van der Waals surface area (Å²) >= 11 is 0. The first-order valence-electron chi connectivity index (χ1n) is 7.84. The summed E-state index contributed by atoms with van der Waals surface area (Å²) in [7, 11) is 0. The van der Waals surface area contributed by atoms with Crippen molar-refractivity contribution in [3.05, 3.63) is 35.9 Å². The summed E-state index contributed by atoms with van der Waals surface area (Å²) in [5.74, 6) is 0. The van der Waals surface area contributed by atoms with Gasteiger partial charge in [-0.1, -0.05) is 30.3 Å². The van der Waals surface area contributed by atoms with Crippen molar-refractivity contribution in [2.75, 3.05) is 45.8 Å². The van der Waals surface area contributed by atoms with Crippen LogP contribution in [0.4, 0.5) is 0 Å². The van der Waals surface area contributed by atoms with Crippen LogP contribution >= 0.6 is 0 Å². The Bertz CT molecular complexity index is 330. The van der Waals surface area contributed by atoms with Crippen molar-refractivity contribution in [3.8, 4) is 0 Å². The van der Waals surface area contributed by atoms with E-state index in [1.165, 1.54) is 12.0 Å². The fourth-order valence-corrected chi connectivity index (χ4v) is 2.51. The van der Waals surface area contributed by atoms with Gasteiger partial charge in [-0.3, -0.25) is 0 Å². The van der Waals surface area contributed by atoms with E-state index in [0.29, 0.717) is 6.04 Å². The summed E-state index contributed by atoms with van der Waals surface area (Å²) in [5, 5.41) is 14.1. The van der Waals surface area contributed by atoms with Crippen LogP contribution in [-0.2, 0) is 6.42 Å². The highest BCUT2D eigenvalue weighted by atomic mass is 15.0. The van der Waals surface area contributed by atoms with E-state index in [1.807, 2.05) is 0 Å². The second-order valence-electron chi connectivity index (χ2n) is 5.38. The molecule has 4 N–H and O–H groups in total. The lowest BCUT2D eigenvalue weighted by atomic mass is 10.1. The molecule has 112 valence electrons. The zero-order valence-corrected chi connectivity index (χ0v) is 12.3. The smallest absolute Gasteiger partial charge is 0.0196 e. The van der Waals surface area contributed by atoms with Crippen molar-refractivity contribution < 1.29 is 0 Å². The first-order chi connectivity index (χ1) is 9.95. The summed E-state index contributed by atoms with van der Waals surface area (Å²) in [6.45, 7) is 7.34. The van der Waals surface area contributed by atoms with Gasteiger partial charge in [0.05, 0.1) is 0 Å². The lowest BCUT2D eigenvalue weighted by Gasteiger charge is -2.21. The Hall–Kier alpha value is -0.940. The second kappa shape index (κ2) is 9.88. The van der Waals surface area contributed by atoms with Crippen molar-refractivity contribution in [2.45, 2.75) is 18.9 Å². The van der Waals surface area contributed by atoms with Crippen LogP contribution in [0.3, 0.4) is 0 Å². The van der Waals surface area contributed by atoms with Crippen LogP contribution in [0, 0.1) is 0 Å². The molecule has 0 aliphatic carbocycles. The third-order valence-corrected chi connectivity index (χ3v) is 3.71. The summed E-state index contributed by atoms with van der Waals surface area (Å²) < 4.78 is 0. The van der Waals surface area contributed by atoms with Crippen LogP contribution < -0.4 is 21.3 Å². The van der Waals surface area contributed by atoms with E-state index in [2.05, 4.69) is 51.6 Å². The van der Waals surface area contributed by atoms with Crippen LogP contribution in [0.1, 0.15) is 12.0 Å². The molecule has 0 aromatic heterocycles. The molecule has 1 aliphatic heterocycles. The number of hydrogen-bond acceptors (Lipinski definition) is 4. The average molecular weight is 276 g/mol. The molecule has 1 unspecified atom stereocenters. The van der Waals surface area contributed by atoms with Crippen molar-refractivity contribution in [1.29, 1.82) is 0 Å². The molecule has 1 atom stereocenters. The van der Waals surface area contributed by atoms with Gasteiger partial charge < -0.3 is 21.3 Å². The summed E-state index contributed by atoms with van der Waals surface area (Å²) in [5.41, 5.74) is 1.43. The van der Waals surface area contributed by atoms with Crippen molar-refractivity contribution in [3.63, 3.8) is 0 Å². The normalized spacial score (nSPS) is 22.7. The zero-order chi connectivity index (χ0) is 13.9. The maximum Gasteiger partial charge on any atom is 0.0196 e. The van der Waals surface area contributed by atoms with Crippen LogP contribution in [0.25, 0.3) is 0 Å². The summed E-state index contributed by atoms with van der Waals surface area (Å²) in [4.78, 5) is 0. The zero-order valence-electron chi connectivity index (χ0n) is 12.3. The minimum atomic E-state index is 0.552. The Balaban J connectivity index is 1.74. The standard InChI is InChI=1S/C16H28N4/c1-2-4-15(5-3-1)6-7-16-14-19-11-10-17-8-9-18-12-13-20-16/h1-5,16-20H,6-14H2. The molecule has 2 rings (SSSR count). The highest BCUT2D eigenvalue weighted by Gasteiger charge is 2.08. The van der Waals surface area contributed by atoms with Crippen LogP contribution in [0.15, 0.2) is 30.3 Å². The SMILES string of the molecule is c1ccc(CCC2CNCCNCCNCCN2)cc1. The molecule has 1 heterocycles. The van der Waals surface area contributed by atoms with E-state index < -0.39 is 0 Å². The Morgan fingerprint density at radius 1 is 0.800 bits per heavy atom.